The molecule has 0 saturated heterocycles. The van der Waals surface area contributed by atoms with Crippen LogP contribution in [-0.4, -0.2) is 40.5 Å². The summed E-state index contributed by atoms with van der Waals surface area (Å²) in [4.78, 5) is 50.9. The van der Waals surface area contributed by atoms with Crippen LogP contribution in [0.15, 0.2) is 47.4 Å². The Morgan fingerprint density at radius 1 is 1.11 bits per heavy atom. The number of Topliss-reactive ketones (excluding diaryl/α,β-unsaturated/α-hetero) is 2. The third-order valence-corrected chi connectivity index (χ3v) is 6.66. The fourth-order valence-corrected chi connectivity index (χ4v) is 4.67. The number of rotatable bonds is 5. The van der Waals surface area contributed by atoms with Crippen LogP contribution in [0.25, 0.3) is 0 Å². The van der Waals surface area contributed by atoms with Crippen LogP contribution in [-0.2, 0) is 26.2 Å². The Morgan fingerprint density at radius 3 is 2.44 bits per heavy atom. The summed E-state index contributed by atoms with van der Waals surface area (Å²) in [6.07, 6.45) is 1.33. The van der Waals surface area contributed by atoms with Crippen molar-refractivity contribution in [3.8, 4) is 17.2 Å². The van der Waals surface area contributed by atoms with Gasteiger partial charge in [-0.3, -0.25) is 19.2 Å². The van der Waals surface area contributed by atoms with Crippen LogP contribution < -0.4 is 15.4 Å². The minimum absolute atomic E-state index is 0.0283. The molecule has 0 aromatic heterocycles. The molecule has 9 nitrogen and oxygen atoms in total. The van der Waals surface area contributed by atoms with Crippen molar-refractivity contribution in [1.29, 1.82) is 0 Å². The maximum atomic E-state index is 13.9. The lowest BCUT2D eigenvalue weighted by atomic mass is 9.70. The number of nitrogens with one attached hydrogen (secondary N) is 2. The van der Waals surface area contributed by atoms with Gasteiger partial charge in [0.15, 0.2) is 17.3 Å². The zero-order valence-electron chi connectivity index (χ0n) is 20.5. The minimum Gasteiger partial charge on any atom is -0.507 e. The lowest BCUT2D eigenvalue weighted by Gasteiger charge is -2.29. The molecule has 4 rings (SSSR count). The second kappa shape index (κ2) is 8.67. The van der Waals surface area contributed by atoms with Crippen molar-refractivity contribution < 1.29 is 34.1 Å². The highest BCUT2D eigenvalue weighted by Gasteiger charge is 2.56. The minimum atomic E-state index is -1.59. The van der Waals surface area contributed by atoms with Crippen molar-refractivity contribution in [2.75, 3.05) is 12.4 Å². The van der Waals surface area contributed by atoms with Gasteiger partial charge in [-0.2, -0.15) is 0 Å². The largest absolute Gasteiger partial charge is 0.507 e. The van der Waals surface area contributed by atoms with Crippen LogP contribution in [0.3, 0.4) is 0 Å². The molecule has 186 valence electrons. The number of hydrogen-bond acceptors (Lipinski definition) is 8. The molecule has 0 saturated carbocycles. The number of hydrogen-bond donors (Lipinski definition) is 4. The average Bonchev–Trinajstić information content (AvgIpc) is 3.10. The number of carbonyl (C=O) groups is 4. The Bertz CT molecular complexity index is 1430. The summed E-state index contributed by atoms with van der Waals surface area (Å²) in [6, 6.07) is 7.02. The standard InChI is InChI=1S/C27H26N2O7/c1-12-23(33)21(14(3)30)25-22(24(12)34)27(4)18(36-25)11-17(31)20(26(27)35)13(2)29-16-8-6-7-15(9-16)10-19(32)28-5/h6-9,11,29,33-34H,10H2,1-5H3,(H,28,32)/t27-/m0/s1. The number of ether oxygens (including phenoxy) is 1. The molecule has 1 atom stereocenters. The molecular weight excluding hydrogens is 464 g/mol. The molecule has 2 aliphatic rings. The highest BCUT2D eigenvalue weighted by molar-refractivity contribution is 6.31. The van der Waals surface area contributed by atoms with E-state index in [-0.39, 0.29) is 57.5 Å². The summed E-state index contributed by atoms with van der Waals surface area (Å²) >= 11 is 0. The molecule has 2 aromatic rings. The van der Waals surface area contributed by atoms with Crippen molar-refractivity contribution in [2.24, 2.45) is 0 Å². The first-order valence-corrected chi connectivity index (χ1v) is 11.3. The lowest BCUT2D eigenvalue weighted by Crippen LogP contribution is -2.40. The van der Waals surface area contributed by atoms with Gasteiger partial charge in [-0.05, 0) is 45.4 Å². The van der Waals surface area contributed by atoms with Crippen molar-refractivity contribution in [2.45, 2.75) is 39.5 Å². The van der Waals surface area contributed by atoms with Crippen molar-refractivity contribution >= 4 is 28.9 Å². The first kappa shape index (κ1) is 24.7. The fourth-order valence-electron chi connectivity index (χ4n) is 4.67. The number of aromatic hydroxyl groups is 2. The van der Waals surface area contributed by atoms with E-state index in [0.717, 1.165) is 5.56 Å². The SMILES string of the molecule is CNC(=O)Cc1cccc(NC(C)=C2C(=O)C=C3Oc4c(C(C)=O)c(O)c(C)c(O)c4[C@@]3(C)C2=O)c1. The molecule has 9 heteroatoms. The van der Waals surface area contributed by atoms with Gasteiger partial charge in [0.05, 0.1) is 17.6 Å². The third kappa shape index (κ3) is 3.64. The summed E-state index contributed by atoms with van der Waals surface area (Å²) in [5.41, 5.74) is -0.235. The van der Waals surface area contributed by atoms with E-state index in [1.807, 2.05) is 0 Å². The molecule has 1 heterocycles. The molecule has 4 N–H and O–H groups in total. The van der Waals surface area contributed by atoms with E-state index in [2.05, 4.69) is 10.6 Å². The van der Waals surface area contributed by atoms with E-state index in [1.54, 1.807) is 38.2 Å². The van der Waals surface area contributed by atoms with E-state index in [9.17, 15) is 29.4 Å². The van der Waals surface area contributed by atoms with Crippen molar-refractivity contribution in [3.05, 3.63) is 69.6 Å². The van der Waals surface area contributed by atoms with Crippen molar-refractivity contribution in [1.82, 2.24) is 5.32 Å². The van der Waals surface area contributed by atoms with Gasteiger partial charge in [0.2, 0.25) is 5.91 Å². The maximum Gasteiger partial charge on any atom is 0.224 e. The van der Waals surface area contributed by atoms with Crippen LogP contribution in [0.5, 0.6) is 17.2 Å². The molecule has 1 aliphatic heterocycles. The number of amides is 1. The Balaban J connectivity index is 1.81. The molecule has 1 aliphatic carbocycles. The molecule has 0 unspecified atom stereocenters. The zero-order valence-corrected chi connectivity index (χ0v) is 20.5. The zero-order chi connectivity index (χ0) is 26.5. The molecule has 0 fully saturated rings. The molecule has 0 radical (unpaired) electrons. The van der Waals surface area contributed by atoms with Gasteiger partial charge in [-0.25, -0.2) is 0 Å². The van der Waals surface area contributed by atoms with Crippen molar-refractivity contribution in [3.63, 3.8) is 0 Å². The van der Waals surface area contributed by atoms with Gasteiger partial charge >= 0.3 is 0 Å². The Kier molecular flexibility index (Phi) is 5.95. The first-order chi connectivity index (χ1) is 16.9. The van der Waals surface area contributed by atoms with Gasteiger partial charge in [-0.1, -0.05) is 12.1 Å². The molecular formula is C27H26N2O7. The number of phenolic OH excluding ortho intramolecular Hbond substituents is 2. The highest BCUT2D eigenvalue weighted by atomic mass is 16.5. The summed E-state index contributed by atoms with van der Waals surface area (Å²) in [5.74, 6) is -2.87. The predicted molar refractivity (Wildman–Crippen MR) is 131 cm³/mol. The summed E-state index contributed by atoms with van der Waals surface area (Å²) < 4.78 is 5.77. The molecule has 36 heavy (non-hydrogen) atoms. The van der Waals surface area contributed by atoms with Crippen LogP contribution in [0.4, 0.5) is 5.69 Å². The number of anilines is 1. The van der Waals surface area contributed by atoms with E-state index >= 15 is 0 Å². The number of ketones is 3. The van der Waals surface area contributed by atoms with Crippen LogP contribution in [0, 0.1) is 6.92 Å². The summed E-state index contributed by atoms with van der Waals surface area (Å²) in [6.45, 7) is 5.75. The van der Waals surface area contributed by atoms with Crippen LogP contribution in [0.2, 0.25) is 0 Å². The van der Waals surface area contributed by atoms with Gasteiger partial charge in [0.1, 0.15) is 34.0 Å². The third-order valence-electron chi connectivity index (χ3n) is 6.66. The van der Waals surface area contributed by atoms with E-state index in [1.165, 1.54) is 26.8 Å². The molecule has 0 spiro atoms. The lowest BCUT2D eigenvalue weighted by molar-refractivity contribution is -0.124. The monoisotopic (exact) mass is 490 g/mol. The molecule has 0 bridgehead atoms. The van der Waals surface area contributed by atoms with Crippen LogP contribution >= 0.6 is 0 Å². The van der Waals surface area contributed by atoms with E-state index in [0.29, 0.717) is 5.69 Å². The van der Waals surface area contributed by atoms with Gasteiger partial charge in [0.25, 0.3) is 0 Å². The van der Waals surface area contributed by atoms with Gasteiger partial charge in [-0.15, -0.1) is 0 Å². The number of phenols is 2. The second-order valence-electron chi connectivity index (χ2n) is 9.06. The molecule has 1 amide bonds. The number of carbonyl (C=O) groups excluding carboxylic acids is 4. The molecule has 2 aromatic carbocycles. The Hall–Kier alpha value is -4.40. The number of fused-ring (bicyclic) bond motifs is 3. The highest BCUT2D eigenvalue weighted by Crippen LogP contribution is 2.57. The Labute approximate surface area is 207 Å². The summed E-state index contributed by atoms with van der Waals surface area (Å²) in [5, 5.41) is 27.0. The van der Waals surface area contributed by atoms with E-state index < -0.39 is 28.5 Å². The number of benzene rings is 2. The quantitative estimate of drug-likeness (QED) is 0.285. The first-order valence-electron chi connectivity index (χ1n) is 11.3. The predicted octanol–water partition coefficient (Wildman–Crippen LogP) is 2.97. The number of allylic oxidation sites excluding steroid dienone is 4. The topological polar surface area (TPSA) is 142 Å². The van der Waals surface area contributed by atoms with E-state index in [4.69, 9.17) is 4.74 Å². The van der Waals surface area contributed by atoms with Crippen LogP contribution in [0.1, 0.15) is 47.8 Å². The average molecular weight is 491 g/mol. The number of likely N-dealkylation sites (N-methyl/N-ethyl adjacent to an activating group) is 1. The smallest absolute Gasteiger partial charge is 0.224 e. The van der Waals surface area contributed by atoms with Gasteiger partial charge < -0.3 is 25.6 Å². The normalized spacial score (nSPS) is 19.6. The summed E-state index contributed by atoms with van der Waals surface area (Å²) in [7, 11) is 1.55. The Morgan fingerprint density at radius 2 is 1.81 bits per heavy atom. The van der Waals surface area contributed by atoms with Gasteiger partial charge in [0, 0.05) is 30.1 Å². The second-order valence-corrected chi connectivity index (χ2v) is 9.06. The maximum absolute atomic E-state index is 13.9. The fraction of sp³-hybridized carbons (Fsp3) is 0.259.